The largest absolute Gasteiger partial charge is 0.274 e. The van der Waals surface area contributed by atoms with Gasteiger partial charge in [0.1, 0.15) is 5.83 Å². The summed E-state index contributed by atoms with van der Waals surface area (Å²) in [7, 11) is 0. The fourth-order valence-corrected chi connectivity index (χ4v) is 1.53. The number of hydrogen-bond acceptors (Lipinski definition) is 0. The molecule has 0 aliphatic heterocycles. The van der Waals surface area contributed by atoms with Crippen molar-refractivity contribution in [1.29, 1.82) is 0 Å². The highest BCUT2D eigenvalue weighted by molar-refractivity contribution is 5.34. The van der Waals surface area contributed by atoms with E-state index in [2.05, 4.69) is 0 Å². The molecule has 1 atom stereocenters. The van der Waals surface area contributed by atoms with E-state index < -0.39 is 23.2 Å². The minimum absolute atomic E-state index is 0.248. The molecule has 0 bridgehead atoms. The zero-order valence-electron chi connectivity index (χ0n) is 9.15. The third kappa shape index (κ3) is 2.33. The Balaban J connectivity index is 3.26. The lowest BCUT2D eigenvalue weighted by atomic mass is 9.93. The molecule has 1 unspecified atom stereocenters. The fraction of sp³-hybridized carbons (Fsp3) is 0.500. The Hall–Kier alpha value is -0.990. The standard InChI is InChI=1S/C12H15F3/c1-8-6-4-5-7-9(2)12(14,15)10(3)11(8)13/h4-6,9H,7H2,1-3H3/b5-4+,8-6?,11-10?. The van der Waals surface area contributed by atoms with Gasteiger partial charge in [-0.2, -0.15) is 0 Å². The summed E-state index contributed by atoms with van der Waals surface area (Å²) in [5.41, 5.74) is -0.218. The van der Waals surface area contributed by atoms with E-state index in [-0.39, 0.29) is 12.0 Å². The molecule has 0 saturated heterocycles. The minimum Gasteiger partial charge on any atom is -0.207 e. The van der Waals surface area contributed by atoms with Crippen molar-refractivity contribution in [2.45, 2.75) is 33.1 Å². The molecule has 0 fully saturated rings. The molecule has 1 rings (SSSR count). The Bertz CT molecular complexity index is 335. The second kappa shape index (κ2) is 4.25. The van der Waals surface area contributed by atoms with E-state index in [9.17, 15) is 13.2 Å². The van der Waals surface area contributed by atoms with E-state index in [1.165, 1.54) is 19.9 Å². The van der Waals surface area contributed by atoms with Crippen molar-refractivity contribution in [1.82, 2.24) is 0 Å². The highest BCUT2D eigenvalue weighted by Crippen LogP contribution is 2.38. The average Bonchev–Trinajstić information content (AvgIpc) is 2.22. The maximum atomic E-state index is 13.7. The van der Waals surface area contributed by atoms with Crippen LogP contribution in [0.5, 0.6) is 0 Å². The van der Waals surface area contributed by atoms with E-state index >= 15 is 0 Å². The summed E-state index contributed by atoms with van der Waals surface area (Å²) in [5.74, 6) is -4.74. The third-order valence-electron chi connectivity index (χ3n) is 2.77. The van der Waals surface area contributed by atoms with Crippen LogP contribution in [0.15, 0.2) is 35.2 Å². The number of hydrogen-bond donors (Lipinski definition) is 0. The van der Waals surface area contributed by atoms with E-state index in [4.69, 9.17) is 0 Å². The van der Waals surface area contributed by atoms with Gasteiger partial charge >= 0.3 is 0 Å². The molecule has 0 saturated carbocycles. The molecule has 0 amide bonds. The lowest BCUT2D eigenvalue weighted by Gasteiger charge is -2.23. The van der Waals surface area contributed by atoms with Crippen molar-refractivity contribution < 1.29 is 13.2 Å². The van der Waals surface area contributed by atoms with Crippen molar-refractivity contribution in [3.63, 3.8) is 0 Å². The molecule has 0 aromatic heterocycles. The summed E-state index contributed by atoms with van der Waals surface area (Å²) in [6, 6.07) is 0. The van der Waals surface area contributed by atoms with E-state index in [0.29, 0.717) is 0 Å². The molecule has 0 aromatic carbocycles. The predicted octanol–water partition coefficient (Wildman–Crippen LogP) is 4.41. The van der Waals surface area contributed by atoms with Crippen LogP contribution in [0.3, 0.4) is 0 Å². The Morgan fingerprint density at radius 2 is 1.93 bits per heavy atom. The summed E-state index contributed by atoms with van der Waals surface area (Å²) in [4.78, 5) is 0. The first-order chi connectivity index (χ1) is 6.87. The molecule has 0 heterocycles. The lowest BCUT2D eigenvalue weighted by Crippen LogP contribution is -2.27. The van der Waals surface area contributed by atoms with Gasteiger partial charge in [-0.3, -0.25) is 0 Å². The van der Waals surface area contributed by atoms with Gasteiger partial charge < -0.3 is 0 Å². The van der Waals surface area contributed by atoms with Crippen LogP contribution in [-0.2, 0) is 0 Å². The summed E-state index contributed by atoms with van der Waals surface area (Å²) < 4.78 is 40.9. The van der Waals surface area contributed by atoms with Crippen LogP contribution in [0.4, 0.5) is 13.2 Å². The lowest BCUT2D eigenvalue weighted by molar-refractivity contribution is -0.0144. The van der Waals surface area contributed by atoms with Gasteiger partial charge in [0, 0.05) is 11.5 Å². The Labute approximate surface area is 88.2 Å². The van der Waals surface area contributed by atoms with Crippen LogP contribution in [0, 0.1) is 5.92 Å². The van der Waals surface area contributed by atoms with Crippen LogP contribution in [0.25, 0.3) is 0 Å². The summed E-state index contributed by atoms with van der Waals surface area (Å²) in [5, 5.41) is 0. The normalized spacial score (nSPS) is 28.9. The SMILES string of the molecule is CC1=C/C=C/CC(C)C(F)(F)C(C)=C1F. The molecular weight excluding hydrogens is 201 g/mol. The third-order valence-corrected chi connectivity index (χ3v) is 2.77. The Morgan fingerprint density at radius 3 is 2.53 bits per heavy atom. The molecule has 0 spiro atoms. The van der Waals surface area contributed by atoms with Gasteiger partial charge in [-0.15, -0.1) is 0 Å². The maximum Gasteiger partial charge on any atom is 0.274 e. The van der Waals surface area contributed by atoms with Crippen LogP contribution >= 0.6 is 0 Å². The molecule has 0 aromatic rings. The second-order valence-corrected chi connectivity index (χ2v) is 3.98. The maximum absolute atomic E-state index is 13.7. The van der Waals surface area contributed by atoms with E-state index in [1.54, 1.807) is 12.2 Å². The van der Waals surface area contributed by atoms with Crippen LogP contribution in [0.1, 0.15) is 27.2 Å². The average molecular weight is 216 g/mol. The molecular formula is C12H15F3. The quantitative estimate of drug-likeness (QED) is 0.562. The topological polar surface area (TPSA) is 0 Å². The number of rotatable bonds is 0. The highest BCUT2D eigenvalue weighted by atomic mass is 19.3. The van der Waals surface area contributed by atoms with Gasteiger partial charge in [0.2, 0.25) is 0 Å². The van der Waals surface area contributed by atoms with Gasteiger partial charge in [-0.1, -0.05) is 25.2 Å². The van der Waals surface area contributed by atoms with Crippen molar-refractivity contribution in [2.24, 2.45) is 5.92 Å². The Kier molecular flexibility index (Phi) is 3.42. The van der Waals surface area contributed by atoms with Gasteiger partial charge in [-0.25, -0.2) is 13.2 Å². The number of alkyl halides is 2. The molecule has 0 radical (unpaired) electrons. The molecule has 1 aliphatic rings. The van der Waals surface area contributed by atoms with Crippen LogP contribution < -0.4 is 0 Å². The molecule has 1 aliphatic carbocycles. The summed E-state index contributed by atoms with van der Waals surface area (Å²) in [6.45, 7) is 4.09. The number of halogens is 3. The number of allylic oxidation sites excluding steroid dienone is 6. The van der Waals surface area contributed by atoms with Gasteiger partial charge in [-0.05, 0) is 25.8 Å². The van der Waals surface area contributed by atoms with E-state index in [1.807, 2.05) is 0 Å². The first kappa shape index (κ1) is 12.1. The minimum atomic E-state index is -3.08. The smallest absolute Gasteiger partial charge is 0.207 e. The van der Waals surface area contributed by atoms with Crippen molar-refractivity contribution in [2.75, 3.05) is 0 Å². The molecule has 84 valence electrons. The predicted molar refractivity (Wildman–Crippen MR) is 55.4 cm³/mol. The molecule has 0 N–H and O–H groups in total. The zero-order valence-corrected chi connectivity index (χ0v) is 9.15. The highest BCUT2D eigenvalue weighted by Gasteiger charge is 2.39. The van der Waals surface area contributed by atoms with Gasteiger partial charge in [0.15, 0.2) is 0 Å². The Morgan fingerprint density at radius 1 is 1.33 bits per heavy atom. The summed E-state index contributed by atoms with van der Waals surface area (Å²) >= 11 is 0. The first-order valence-corrected chi connectivity index (χ1v) is 4.95. The fourth-order valence-electron chi connectivity index (χ4n) is 1.53. The molecule has 3 heteroatoms. The second-order valence-electron chi connectivity index (χ2n) is 3.98. The van der Waals surface area contributed by atoms with Crippen molar-refractivity contribution >= 4 is 0 Å². The first-order valence-electron chi connectivity index (χ1n) is 4.95. The van der Waals surface area contributed by atoms with E-state index in [0.717, 1.165) is 6.92 Å². The van der Waals surface area contributed by atoms with Crippen molar-refractivity contribution in [3.05, 3.63) is 35.2 Å². The van der Waals surface area contributed by atoms with Gasteiger partial charge in [0.05, 0.1) is 0 Å². The van der Waals surface area contributed by atoms with Crippen molar-refractivity contribution in [3.8, 4) is 0 Å². The van der Waals surface area contributed by atoms with Crippen LogP contribution in [-0.4, -0.2) is 5.92 Å². The van der Waals surface area contributed by atoms with Crippen LogP contribution in [0.2, 0.25) is 0 Å². The monoisotopic (exact) mass is 216 g/mol. The van der Waals surface area contributed by atoms with Gasteiger partial charge in [0.25, 0.3) is 5.92 Å². The zero-order chi connectivity index (χ0) is 11.6. The summed E-state index contributed by atoms with van der Waals surface area (Å²) in [6.07, 6.45) is 5.04. The molecule has 15 heavy (non-hydrogen) atoms. The molecule has 0 nitrogen and oxygen atoms in total.